The molecule has 2 rings (SSSR count). The Kier molecular flexibility index (Phi) is 4.16. The van der Waals surface area contributed by atoms with E-state index in [-0.39, 0.29) is 5.28 Å². The van der Waals surface area contributed by atoms with Gasteiger partial charge in [0.25, 0.3) is 5.95 Å². The molecule has 0 saturated carbocycles. The summed E-state index contributed by atoms with van der Waals surface area (Å²) in [6, 6.07) is 1.79. The molecule has 90 valence electrons. The average Bonchev–Trinajstić information content (AvgIpc) is 2.82. The Hall–Kier alpha value is -1.34. The van der Waals surface area contributed by atoms with Gasteiger partial charge in [-0.2, -0.15) is 31.8 Å². The van der Waals surface area contributed by atoms with Gasteiger partial charge in [-0.3, -0.25) is 0 Å². The van der Waals surface area contributed by atoms with Crippen molar-refractivity contribution < 1.29 is 0 Å². The minimum absolute atomic E-state index is 0.150. The highest BCUT2D eigenvalue weighted by molar-refractivity contribution is 7.98. The molecule has 0 atom stereocenters. The SMILES string of the molecule is CSCCNc1nc(Cl)nc(-n2cccn2)n1. The van der Waals surface area contributed by atoms with E-state index >= 15 is 0 Å². The van der Waals surface area contributed by atoms with Crippen molar-refractivity contribution in [3.8, 4) is 5.95 Å². The van der Waals surface area contributed by atoms with Gasteiger partial charge in [0.1, 0.15) is 0 Å². The van der Waals surface area contributed by atoms with Gasteiger partial charge in [-0.25, -0.2) is 4.68 Å². The van der Waals surface area contributed by atoms with Crippen molar-refractivity contribution in [3.05, 3.63) is 23.7 Å². The molecule has 2 aromatic rings. The van der Waals surface area contributed by atoms with E-state index in [1.165, 1.54) is 4.68 Å². The highest BCUT2D eigenvalue weighted by atomic mass is 35.5. The highest BCUT2D eigenvalue weighted by Gasteiger charge is 2.06. The molecule has 0 aromatic carbocycles. The zero-order valence-electron chi connectivity index (χ0n) is 9.17. The molecule has 0 aliphatic rings. The van der Waals surface area contributed by atoms with E-state index in [2.05, 4.69) is 25.4 Å². The quantitative estimate of drug-likeness (QED) is 0.830. The highest BCUT2D eigenvalue weighted by Crippen LogP contribution is 2.08. The van der Waals surface area contributed by atoms with E-state index in [1.807, 2.05) is 6.26 Å². The van der Waals surface area contributed by atoms with Crippen molar-refractivity contribution in [2.75, 3.05) is 23.9 Å². The lowest BCUT2D eigenvalue weighted by Crippen LogP contribution is -2.11. The third kappa shape index (κ3) is 3.31. The minimum Gasteiger partial charge on any atom is -0.353 e. The third-order valence-corrected chi connectivity index (χ3v) is 2.68. The van der Waals surface area contributed by atoms with Gasteiger partial charge in [0.15, 0.2) is 0 Å². The number of anilines is 1. The largest absolute Gasteiger partial charge is 0.353 e. The van der Waals surface area contributed by atoms with Crippen LogP contribution in [-0.2, 0) is 0 Å². The molecular formula is C9H11ClN6S. The monoisotopic (exact) mass is 270 g/mol. The molecular weight excluding hydrogens is 260 g/mol. The molecule has 2 heterocycles. The summed E-state index contributed by atoms with van der Waals surface area (Å²) in [5.41, 5.74) is 0. The van der Waals surface area contributed by atoms with E-state index in [0.717, 1.165) is 12.3 Å². The molecule has 0 saturated heterocycles. The zero-order chi connectivity index (χ0) is 12.1. The maximum absolute atomic E-state index is 5.83. The minimum atomic E-state index is 0.150. The molecule has 0 amide bonds. The van der Waals surface area contributed by atoms with Crippen molar-refractivity contribution in [2.24, 2.45) is 0 Å². The second-order valence-corrected chi connectivity index (χ2v) is 4.42. The van der Waals surface area contributed by atoms with Crippen molar-refractivity contribution in [1.29, 1.82) is 0 Å². The van der Waals surface area contributed by atoms with Crippen LogP contribution in [0.5, 0.6) is 0 Å². The maximum atomic E-state index is 5.83. The van der Waals surface area contributed by atoms with Crippen molar-refractivity contribution >= 4 is 29.3 Å². The normalized spacial score (nSPS) is 10.5. The fourth-order valence-corrected chi connectivity index (χ4v) is 1.63. The Morgan fingerprint density at radius 2 is 2.29 bits per heavy atom. The van der Waals surface area contributed by atoms with E-state index < -0.39 is 0 Å². The first-order chi connectivity index (χ1) is 8.29. The number of hydrogen-bond acceptors (Lipinski definition) is 6. The predicted molar refractivity (Wildman–Crippen MR) is 68.8 cm³/mol. The molecule has 0 spiro atoms. The Morgan fingerprint density at radius 3 is 3.00 bits per heavy atom. The standard InChI is InChI=1S/C9H11ClN6S/c1-17-6-4-11-8-13-7(10)14-9(15-8)16-5-2-3-12-16/h2-3,5H,4,6H2,1H3,(H,11,13,14,15). The fraction of sp³-hybridized carbons (Fsp3) is 0.333. The van der Waals surface area contributed by atoms with Gasteiger partial charge in [0.2, 0.25) is 11.2 Å². The molecule has 0 aliphatic heterocycles. The summed E-state index contributed by atoms with van der Waals surface area (Å²) < 4.78 is 1.54. The Bertz CT molecular complexity index is 474. The van der Waals surface area contributed by atoms with Crippen LogP contribution in [0.1, 0.15) is 0 Å². The Labute approximate surface area is 108 Å². The summed E-state index contributed by atoms with van der Waals surface area (Å²) in [6.07, 6.45) is 5.44. The van der Waals surface area contributed by atoms with Gasteiger partial charge in [-0.1, -0.05) is 0 Å². The van der Waals surface area contributed by atoms with Crippen LogP contribution in [0, 0.1) is 0 Å². The van der Waals surface area contributed by atoms with Crippen LogP contribution < -0.4 is 5.32 Å². The number of hydrogen-bond donors (Lipinski definition) is 1. The van der Waals surface area contributed by atoms with Crippen LogP contribution in [0.25, 0.3) is 5.95 Å². The van der Waals surface area contributed by atoms with E-state index in [1.54, 1.807) is 30.2 Å². The summed E-state index contributed by atoms with van der Waals surface area (Å²) in [5, 5.41) is 7.27. The number of halogens is 1. The summed E-state index contributed by atoms with van der Waals surface area (Å²) in [7, 11) is 0. The van der Waals surface area contributed by atoms with E-state index in [4.69, 9.17) is 11.6 Å². The summed E-state index contributed by atoms with van der Waals surface area (Å²) in [5.74, 6) is 1.84. The first-order valence-electron chi connectivity index (χ1n) is 4.94. The van der Waals surface area contributed by atoms with Gasteiger partial charge in [-0.05, 0) is 23.9 Å². The first-order valence-corrected chi connectivity index (χ1v) is 6.71. The van der Waals surface area contributed by atoms with Crippen LogP contribution in [0.2, 0.25) is 5.28 Å². The molecule has 0 aliphatic carbocycles. The van der Waals surface area contributed by atoms with Gasteiger partial charge >= 0.3 is 0 Å². The summed E-state index contributed by atoms with van der Waals surface area (Å²) in [4.78, 5) is 12.2. The van der Waals surface area contributed by atoms with E-state index in [0.29, 0.717) is 11.9 Å². The van der Waals surface area contributed by atoms with Crippen LogP contribution in [0.4, 0.5) is 5.95 Å². The maximum Gasteiger partial charge on any atom is 0.256 e. The third-order valence-electron chi connectivity index (χ3n) is 1.89. The molecule has 0 unspecified atom stereocenters. The summed E-state index contributed by atoms with van der Waals surface area (Å²) >= 11 is 7.57. The van der Waals surface area contributed by atoms with Gasteiger partial charge in [0.05, 0.1) is 0 Å². The van der Waals surface area contributed by atoms with Crippen molar-refractivity contribution in [2.45, 2.75) is 0 Å². The molecule has 1 N–H and O–H groups in total. The molecule has 0 bridgehead atoms. The second kappa shape index (κ2) is 5.83. The molecule has 17 heavy (non-hydrogen) atoms. The first kappa shape index (κ1) is 12.1. The van der Waals surface area contributed by atoms with E-state index in [9.17, 15) is 0 Å². The van der Waals surface area contributed by atoms with Crippen LogP contribution in [0.3, 0.4) is 0 Å². The topological polar surface area (TPSA) is 68.5 Å². The predicted octanol–water partition coefficient (Wildman–Crippen LogP) is 1.49. The smallest absolute Gasteiger partial charge is 0.256 e. The van der Waals surface area contributed by atoms with Crippen molar-refractivity contribution in [1.82, 2.24) is 24.7 Å². The molecule has 6 nitrogen and oxygen atoms in total. The summed E-state index contributed by atoms with van der Waals surface area (Å²) in [6.45, 7) is 0.778. The lowest BCUT2D eigenvalue weighted by atomic mass is 10.7. The zero-order valence-corrected chi connectivity index (χ0v) is 10.7. The van der Waals surface area contributed by atoms with Crippen LogP contribution in [-0.4, -0.2) is 43.3 Å². The van der Waals surface area contributed by atoms with Crippen LogP contribution >= 0.6 is 23.4 Å². The second-order valence-electron chi connectivity index (χ2n) is 3.10. The average molecular weight is 271 g/mol. The number of nitrogens with zero attached hydrogens (tertiary/aromatic N) is 5. The molecule has 8 heteroatoms. The van der Waals surface area contributed by atoms with Crippen molar-refractivity contribution in [3.63, 3.8) is 0 Å². The molecule has 0 radical (unpaired) electrons. The number of nitrogens with one attached hydrogen (secondary N) is 1. The number of aromatic nitrogens is 5. The molecule has 2 aromatic heterocycles. The van der Waals surface area contributed by atoms with Gasteiger partial charge in [-0.15, -0.1) is 0 Å². The Morgan fingerprint density at radius 1 is 1.41 bits per heavy atom. The number of rotatable bonds is 5. The lowest BCUT2D eigenvalue weighted by Gasteiger charge is -2.05. The number of thioether (sulfide) groups is 1. The molecule has 0 fully saturated rings. The Balaban J connectivity index is 2.18. The lowest BCUT2D eigenvalue weighted by molar-refractivity contribution is 0.796. The van der Waals surface area contributed by atoms with Crippen LogP contribution in [0.15, 0.2) is 18.5 Å². The van der Waals surface area contributed by atoms with Gasteiger partial charge in [0, 0.05) is 24.7 Å². The van der Waals surface area contributed by atoms with Gasteiger partial charge < -0.3 is 5.32 Å². The fourth-order valence-electron chi connectivity index (χ4n) is 1.17.